The lowest BCUT2D eigenvalue weighted by Crippen LogP contribution is -2.47. The average molecular weight is 266 g/mol. The van der Waals surface area contributed by atoms with Crippen LogP contribution in [0.1, 0.15) is 65.7 Å². The third kappa shape index (κ3) is 3.95. The molecule has 19 heavy (non-hydrogen) atoms. The number of nitrogens with zero attached hydrogens (tertiary/aromatic N) is 1. The van der Waals surface area contributed by atoms with E-state index in [1.54, 1.807) is 0 Å². The predicted octanol–water partition coefficient (Wildman–Crippen LogP) is 3.67. The van der Waals surface area contributed by atoms with Crippen molar-refractivity contribution in [2.45, 2.75) is 71.8 Å². The SMILES string of the molecule is CCNCC1(CN2CCCC2CC)CCC(C)CC1. The zero-order valence-corrected chi connectivity index (χ0v) is 13.4. The van der Waals surface area contributed by atoms with Crippen molar-refractivity contribution in [2.24, 2.45) is 11.3 Å². The molecular formula is C17H34N2. The summed E-state index contributed by atoms with van der Waals surface area (Å²) in [7, 11) is 0. The van der Waals surface area contributed by atoms with E-state index in [4.69, 9.17) is 0 Å². The van der Waals surface area contributed by atoms with Crippen LogP contribution in [-0.4, -0.2) is 37.1 Å². The van der Waals surface area contributed by atoms with E-state index in [9.17, 15) is 0 Å². The molecule has 1 N–H and O–H groups in total. The number of nitrogens with one attached hydrogen (secondary N) is 1. The Kier molecular flexibility index (Phi) is 5.70. The summed E-state index contributed by atoms with van der Waals surface area (Å²) >= 11 is 0. The third-order valence-electron chi connectivity index (χ3n) is 5.59. The van der Waals surface area contributed by atoms with Gasteiger partial charge in [0.25, 0.3) is 0 Å². The molecule has 0 radical (unpaired) electrons. The van der Waals surface area contributed by atoms with Crippen molar-refractivity contribution in [3.63, 3.8) is 0 Å². The molecule has 1 saturated carbocycles. The smallest absolute Gasteiger partial charge is 0.00933 e. The first-order valence-electron chi connectivity index (χ1n) is 8.64. The molecule has 0 amide bonds. The van der Waals surface area contributed by atoms with Crippen molar-refractivity contribution in [3.8, 4) is 0 Å². The van der Waals surface area contributed by atoms with Crippen LogP contribution in [0.15, 0.2) is 0 Å². The van der Waals surface area contributed by atoms with Crippen LogP contribution >= 0.6 is 0 Å². The summed E-state index contributed by atoms with van der Waals surface area (Å²) in [6.45, 7) is 12.1. The second kappa shape index (κ2) is 7.08. The zero-order valence-electron chi connectivity index (χ0n) is 13.4. The highest BCUT2D eigenvalue weighted by molar-refractivity contribution is 4.92. The molecule has 0 aromatic carbocycles. The number of hydrogen-bond acceptors (Lipinski definition) is 2. The van der Waals surface area contributed by atoms with Gasteiger partial charge in [-0.05, 0) is 56.5 Å². The minimum atomic E-state index is 0.570. The first-order chi connectivity index (χ1) is 9.19. The van der Waals surface area contributed by atoms with Gasteiger partial charge in [-0.15, -0.1) is 0 Å². The normalized spacial score (nSPS) is 36.8. The van der Waals surface area contributed by atoms with E-state index in [0.717, 1.165) is 18.5 Å². The molecule has 1 unspecified atom stereocenters. The van der Waals surface area contributed by atoms with Crippen LogP contribution in [0.4, 0.5) is 0 Å². The molecular weight excluding hydrogens is 232 g/mol. The van der Waals surface area contributed by atoms with Gasteiger partial charge < -0.3 is 5.32 Å². The van der Waals surface area contributed by atoms with Crippen molar-refractivity contribution in [1.29, 1.82) is 0 Å². The summed E-state index contributed by atoms with van der Waals surface area (Å²) in [6.07, 6.45) is 9.96. The molecule has 2 fully saturated rings. The van der Waals surface area contributed by atoms with Crippen LogP contribution < -0.4 is 5.32 Å². The van der Waals surface area contributed by atoms with Gasteiger partial charge in [0.15, 0.2) is 0 Å². The molecule has 1 atom stereocenters. The van der Waals surface area contributed by atoms with Crippen LogP contribution in [0.3, 0.4) is 0 Å². The molecule has 1 heterocycles. The van der Waals surface area contributed by atoms with Crippen molar-refractivity contribution < 1.29 is 0 Å². The van der Waals surface area contributed by atoms with Crippen molar-refractivity contribution in [3.05, 3.63) is 0 Å². The highest BCUT2D eigenvalue weighted by atomic mass is 15.2. The molecule has 1 aliphatic carbocycles. The molecule has 1 aliphatic heterocycles. The Morgan fingerprint density at radius 3 is 2.53 bits per heavy atom. The fourth-order valence-electron chi connectivity index (χ4n) is 4.15. The van der Waals surface area contributed by atoms with Crippen LogP contribution in [0, 0.1) is 11.3 Å². The lowest BCUT2D eigenvalue weighted by molar-refractivity contribution is 0.0795. The molecule has 0 aromatic rings. The maximum absolute atomic E-state index is 3.65. The maximum Gasteiger partial charge on any atom is 0.00933 e. The quantitative estimate of drug-likeness (QED) is 0.789. The number of rotatable bonds is 6. The Morgan fingerprint density at radius 2 is 1.89 bits per heavy atom. The minimum Gasteiger partial charge on any atom is -0.316 e. The summed E-state index contributed by atoms with van der Waals surface area (Å²) in [5, 5.41) is 3.65. The lowest BCUT2D eigenvalue weighted by atomic mass is 9.70. The van der Waals surface area contributed by atoms with Gasteiger partial charge in [0, 0.05) is 19.1 Å². The van der Waals surface area contributed by atoms with Gasteiger partial charge in [-0.3, -0.25) is 4.90 Å². The molecule has 2 rings (SSSR count). The molecule has 1 saturated heterocycles. The van der Waals surface area contributed by atoms with Gasteiger partial charge in [0.2, 0.25) is 0 Å². The van der Waals surface area contributed by atoms with E-state index >= 15 is 0 Å². The Balaban J connectivity index is 1.96. The molecule has 0 bridgehead atoms. The molecule has 0 aromatic heterocycles. The molecule has 2 heteroatoms. The largest absolute Gasteiger partial charge is 0.316 e. The fraction of sp³-hybridized carbons (Fsp3) is 1.00. The Labute approximate surface area is 120 Å². The molecule has 112 valence electrons. The van der Waals surface area contributed by atoms with E-state index < -0.39 is 0 Å². The van der Waals surface area contributed by atoms with Gasteiger partial charge in [-0.1, -0.05) is 33.6 Å². The summed E-state index contributed by atoms with van der Waals surface area (Å²) in [5.74, 6) is 0.954. The Morgan fingerprint density at radius 1 is 1.16 bits per heavy atom. The Hall–Kier alpha value is -0.0800. The van der Waals surface area contributed by atoms with Gasteiger partial charge in [-0.25, -0.2) is 0 Å². The fourth-order valence-corrected chi connectivity index (χ4v) is 4.15. The maximum atomic E-state index is 3.65. The summed E-state index contributed by atoms with van der Waals surface area (Å²) in [4.78, 5) is 2.81. The summed E-state index contributed by atoms with van der Waals surface area (Å²) in [5.41, 5.74) is 0.570. The summed E-state index contributed by atoms with van der Waals surface area (Å²) in [6, 6.07) is 0.873. The highest BCUT2D eigenvalue weighted by Crippen LogP contribution is 2.40. The molecule has 2 aliphatic rings. The van der Waals surface area contributed by atoms with Crippen LogP contribution in [0.25, 0.3) is 0 Å². The third-order valence-corrected chi connectivity index (χ3v) is 5.59. The average Bonchev–Trinajstić information content (AvgIpc) is 2.87. The topological polar surface area (TPSA) is 15.3 Å². The first-order valence-corrected chi connectivity index (χ1v) is 8.64. The zero-order chi connectivity index (χ0) is 13.7. The molecule has 2 nitrogen and oxygen atoms in total. The van der Waals surface area contributed by atoms with Crippen molar-refractivity contribution >= 4 is 0 Å². The van der Waals surface area contributed by atoms with Crippen LogP contribution in [0.5, 0.6) is 0 Å². The van der Waals surface area contributed by atoms with Gasteiger partial charge in [0.05, 0.1) is 0 Å². The monoisotopic (exact) mass is 266 g/mol. The first kappa shape index (κ1) is 15.3. The van der Waals surface area contributed by atoms with E-state index in [1.807, 2.05) is 0 Å². The van der Waals surface area contributed by atoms with E-state index in [2.05, 4.69) is 31.0 Å². The number of hydrogen-bond donors (Lipinski definition) is 1. The standard InChI is InChI=1S/C17H34N2/c1-4-16-7-6-12-19(16)14-17(13-18-5-2)10-8-15(3)9-11-17/h15-16,18H,4-14H2,1-3H3. The summed E-state index contributed by atoms with van der Waals surface area (Å²) < 4.78 is 0. The van der Waals surface area contributed by atoms with Crippen LogP contribution in [0.2, 0.25) is 0 Å². The second-order valence-corrected chi connectivity index (χ2v) is 7.14. The molecule has 0 spiro atoms. The highest BCUT2D eigenvalue weighted by Gasteiger charge is 2.37. The van der Waals surface area contributed by atoms with Gasteiger partial charge >= 0.3 is 0 Å². The van der Waals surface area contributed by atoms with Gasteiger partial charge in [-0.2, -0.15) is 0 Å². The predicted molar refractivity (Wildman–Crippen MR) is 83.5 cm³/mol. The van der Waals surface area contributed by atoms with Crippen molar-refractivity contribution in [1.82, 2.24) is 10.2 Å². The van der Waals surface area contributed by atoms with Gasteiger partial charge in [0.1, 0.15) is 0 Å². The second-order valence-electron chi connectivity index (χ2n) is 7.14. The minimum absolute atomic E-state index is 0.570. The Bertz CT molecular complexity index is 250. The van der Waals surface area contributed by atoms with Crippen LogP contribution in [-0.2, 0) is 0 Å². The van der Waals surface area contributed by atoms with E-state index in [0.29, 0.717) is 5.41 Å². The van der Waals surface area contributed by atoms with E-state index in [-0.39, 0.29) is 0 Å². The number of likely N-dealkylation sites (tertiary alicyclic amines) is 1. The lowest BCUT2D eigenvalue weighted by Gasteiger charge is -2.43. The van der Waals surface area contributed by atoms with E-state index in [1.165, 1.54) is 64.6 Å². The van der Waals surface area contributed by atoms with Crippen molar-refractivity contribution in [2.75, 3.05) is 26.2 Å².